The molecule has 17 heavy (non-hydrogen) atoms. The molecule has 1 aromatic heterocycles. The number of ether oxygens (including phenoxy) is 1. The summed E-state index contributed by atoms with van der Waals surface area (Å²) in [4.78, 5) is 11.7. The lowest BCUT2D eigenvalue weighted by atomic mass is 10.2. The fourth-order valence-corrected chi connectivity index (χ4v) is 2.58. The van der Waals surface area contributed by atoms with Gasteiger partial charge in [0, 0.05) is 0 Å². The molecule has 0 bridgehead atoms. The SMILES string of the molecule is CCSc1c(C(=O)O)oc2cccc(OC)c12. The van der Waals surface area contributed by atoms with E-state index in [1.807, 2.05) is 6.92 Å². The molecular weight excluding hydrogens is 240 g/mol. The number of aromatic carboxylic acids is 1. The van der Waals surface area contributed by atoms with Crippen molar-refractivity contribution in [2.24, 2.45) is 0 Å². The minimum atomic E-state index is -1.06. The monoisotopic (exact) mass is 252 g/mol. The van der Waals surface area contributed by atoms with Crippen LogP contribution in [0.15, 0.2) is 27.5 Å². The highest BCUT2D eigenvalue weighted by atomic mass is 32.2. The highest BCUT2D eigenvalue weighted by molar-refractivity contribution is 7.99. The number of hydrogen-bond acceptors (Lipinski definition) is 4. The zero-order valence-electron chi connectivity index (χ0n) is 9.52. The molecule has 1 heterocycles. The van der Waals surface area contributed by atoms with E-state index in [0.29, 0.717) is 16.2 Å². The number of furan rings is 1. The molecule has 1 aromatic carbocycles. The predicted molar refractivity (Wildman–Crippen MR) is 66.1 cm³/mol. The first-order chi connectivity index (χ1) is 8.19. The van der Waals surface area contributed by atoms with Crippen LogP contribution in [0.2, 0.25) is 0 Å². The van der Waals surface area contributed by atoms with Crippen LogP contribution in [-0.2, 0) is 0 Å². The van der Waals surface area contributed by atoms with Crippen molar-refractivity contribution in [1.29, 1.82) is 0 Å². The summed E-state index contributed by atoms with van der Waals surface area (Å²) < 4.78 is 10.6. The molecule has 5 heteroatoms. The Balaban J connectivity index is 2.76. The lowest BCUT2D eigenvalue weighted by molar-refractivity contribution is 0.0660. The number of thioether (sulfide) groups is 1. The number of rotatable bonds is 4. The second-order valence-corrected chi connectivity index (χ2v) is 4.61. The molecule has 0 saturated heterocycles. The summed E-state index contributed by atoms with van der Waals surface area (Å²) in [7, 11) is 1.56. The number of hydrogen-bond donors (Lipinski definition) is 1. The van der Waals surface area contributed by atoms with E-state index in [4.69, 9.17) is 14.3 Å². The van der Waals surface area contributed by atoms with E-state index in [1.54, 1.807) is 25.3 Å². The molecule has 1 N–H and O–H groups in total. The molecule has 0 fully saturated rings. The van der Waals surface area contributed by atoms with Gasteiger partial charge in [-0.15, -0.1) is 11.8 Å². The molecule has 0 radical (unpaired) electrons. The Morgan fingerprint density at radius 3 is 2.88 bits per heavy atom. The maximum absolute atomic E-state index is 11.1. The van der Waals surface area contributed by atoms with Crippen molar-refractivity contribution in [2.45, 2.75) is 11.8 Å². The Hall–Kier alpha value is -1.62. The van der Waals surface area contributed by atoms with Gasteiger partial charge in [0.15, 0.2) is 0 Å². The van der Waals surface area contributed by atoms with Gasteiger partial charge < -0.3 is 14.3 Å². The molecule has 0 atom stereocenters. The fourth-order valence-electron chi connectivity index (χ4n) is 1.68. The maximum Gasteiger partial charge on any atom is 0.373 e. The van der Waals surface area contributed by atoms with E-state index in [-0.39, 0.29) is 5.76 Å². The number of carboxylic acid groups (broad SMARTS) is 1. The third-order valence-electron chi connectivity index (χ3n) is 2.34. The van der Waals surface area contributed by atoms with Gasteiger partial charge >= 0.3 is 5.97 Å². The van der Waals surface area contributed by atoms with Crippen LogP contribution in [0.3, 0.4) is 0 Å². The molecule has 2 rings (SSSR count). The van der Waals surface area contributed by atoms with Crippen LogP contribution >= 0.6 is 11.8 Å². The van der Waals surface area contributed by atoms with Crippen LogP contribution in [0.4, 0.5) is 0 Å². The normalized spacial score (nSPS) is 10.7. The van der Waals surface area contributed by atoms with Gasteiger partial charge in [-0.3, -0.25) is 0 Å². The smallest absolute Gasteiger partial charge is 0.373 e. The minimum Gasteiger partial charge on any atom is -0.496 e. The summed E-state index contributed by atoms with van der Waals surface area (Å²) in [6.45, 7) is 1.96. The summed E-state index contributed by atoms with van der Waals surface area (Å²) in [5.74, 6) is 0.331. The van der Waals surface area contributed by atoms with Crippen molar-refractivity contribution in [3.8, 4) is 5.75 Å². The van der Waals surface area contributed by atoms with Crippen LogP contribution in [0, 0.1) is 0 Å². The van der Waals surface area contributed by atoms with Crippen LogP contribution < -0.4 is 4.74 Å². The molecule has 0 unspecified atom stereocenters. The topological polar surface area (TPSA) is 59.7 Å². The average molecular weight is 252 g/mol. The van der Waals surface area contributed by atoms with Crippen molar-refractivity contribution in [3.63, 3.8) is 0 Å². The molecule has 0 aliphatic heterocycles. The van der Waals surface area contributed by atoms with E-state index >= 15 is 0 Å². The Labute approximate surface area is 103 Å². The van der Waals surface area contributed by atoms with Gasteiger partial charge in [0.2, 0.25) is 5.76 Å². The minimum absolute atomic E-state index is 0.0173. The number of benzene rings is 1. The van der Waals surface area contributed by atoms with Gasteiger partial charge in [-0.1, -0.05) is 13.0 Å². The fraction of sp³-hybridized carbons (Fsp3) is 0.250. The highest BCUT2D eigenvalue weighted by Crippen LogP contribution is 2.39. The molecule has 0 saturated carbocycles. The van der Waals surface area contributed by atoms with Crippen LogP contribution in [0.25, 0.3) is 11.0 Å². The van der Waals surface area contributed by atoms with E-state index in [1.165, 1.54) is 11.8 Å². The molecular formula is C12H12O4S. The van der Waals surface area contributed by atoms with Crippen molar-refractivity contribution >= 4 is 28.7 Å². The maximum atomic E-state index is 11.1. The Morgan fingerprint density at radius 2 is 2.29 bits per heavy atom. The Bertz CT molecular complexity index is 559. The quantitative estimate of drug-likeness (QED) is 0.846. The third-order valence-corrected chi connectivity index (χ3v) is 3.30. The van der Waals surface area contributed by atoms with Gasteiger partial charge in [-0.05, 0) is 17.9 Å². The van der Waals surface area contributed by atoms with Crippen molar-refractivity contribution in [2.75, 3.05) is 12.9 Å². The summed E-state index contributed by atoms with van der Waals surface area (Å²) in [6, 6.07) is 5.31. The number of carboxylic acids is 1. The highest BCUT2D eigenvalue weighted by Gasteiger charge is 2.22. The van der Waals surface area contributed by atoms with Crippen molar-refractivity contribution < 1.29 is 19.1 Å². The molecule has 0 aliphatic rings. The predicted octanol–water partition coefficient (Wildman–Crippen LogP) is 3.25. The van der Waals surface area contributed by atoms with Gasteiger partial charge in [0.1, 0.15) is 11.3 Å². The second kappa shape index (κ2) is 4.71. The van der Waals surface area contributed by atoms with Crippen LogP contribution in [-0.4, -0.2) is 23.9 Å². The molecule has 0 amide bonds. The van der Waals surface area contributed by atoms with Gasteiger partial charge in [-0.25, -0.2) is 4.79 Å². The van der Waals surface area contributed by atoms with E-state index in [9.17, 15) is 4.79 Å². The zero-order chi connectivity index (χ0) is 12.4. The lowest BCUT2D eigenvalue weighted by Crippen LogP contribution is -1.95. The van der Waals surface area contributed by atoms with E-state index in [0.717, 1.165) is 11.1 Å². The average Bonchev–Trinajstić information content (AvgIpc) is 2.69. The number of carbonyl (C=O) groups is 1. The van der Waals surface area contributed by atoms with Crippen LogP contribution in [0.1, 0.15) is 17.5 Å². The first kappa shape index (κ1) is 11.9. The molecule has 90 valence electrons. The van der Waals surface area contributed by atoms with Crippen LogP contribution in [0.5, 0.6) is 5.75 Å². The first-order valence-electron chi connectivity index (χ1n) is 5.14. The molecule has 0 aliphatic carbocycles. The standard InChI is InChI=1S/C12H12O4S/c1-3-17-11-9-7(15-2)5-4-6-8(9)16-10(11)12(13)14/h4-6H,3H2,1-2H3,(H,13,14). The second-order valence-electron chi connectivity index (χ2n) is 3.33. The summed E-state index contributed by atoms with van der Waals surface area (Å²) in [5.41, 5.74) is 0.540. The van der Waals surface area contributed by atoms with Crippen molar-refractivity contribution in [3.05, 3.63) is 24.0 Å². The lowest BCUT2D eigenvalue weighted by Gasteiger charge is -2.02. The summed E-state index contributed by atoms with van der Waals surface area (Å²) in [5, 5.41) is 9.84. The van der Waals surface area contributed by atoms with E-state index < -0.39 is 5.97 Å². The zero-order valence-corrected chi connectivity index (χ0v) is 10.3. The van der Waals surface area contributed by atoms with Gasteiger partial charge in [-0.2, -0.15) is 0 Å². The molecule has 0 spiro atoms. The Morgan fingerprint density at radius 1 is 1.53 bits per heavy atom. The molecule has 4 nitrogen and oxygen atoms in total. The number of fused-ring (bicyclic) bond motifs is 1. The third kappa shape index (κ3) is 1.98. The first-order valence-corrected chi connectivity index (χ1v) is 6.13. The summed E-state index contributed by atoms with van der Waals surface area (Å²) >= 11 is 1.44. The summed E-state index contributed by atoms with van der Waals surface area (Å²) in [6.07, 6.45) is 0. The largest absolute Gasteiger partial charge is 0.496 e. The number of methoxy groups -OCH3 is 1. The van der Waals surface area contributed by atoms with Gasteiger partial charge in [0.25, 0.3) is 0 Å². The van der Waals surface area contributed by atoms with E-state index in [2.05, 4.69) is 0 Å². The Kier molecular flexibility index (Phi) is 3.28. The van der Waals surface area contributed by atoms with Gasteiger partial charge in [0.05, 0.1) is 17.4 Å². The van der Waals surface area contributed by atoms with Crippen molar-refractivity contribution in [1.82, 2.24) is 0 Å². The molecule has 2 aromatic rings.